The Kier molecular flexibility index (Phi) is 5.07. The molecule has 0 saturated carbocycles. The van der Waals surface area contributed by atoms with Gasteiger partial charge in [-0.3, -0.25) is 19.4 Å². The Balaban J connectivity index is 1.48. The molecule has 0 radical (unpaired) electrons. The van der Waals surface area contributed by atoms with Crippen LogP contribution in [0, 0.1) is 11.8 Å². The van der Waals surface area contributed by atoms with E-state index in [0.29, 0.717) is 17.0 Å². The molecule has 3 aromatic carbocycles. The predicted molar refractivity (Wildman–Crippen MR) is 133 cm³/mol. The first-order valence-electron chi connectivity index (χ1n) is 11.2. The number of hydrogen-bond donors (Lipinski definition) is 0. The fraction of sp³-hybridized carbons (Fsp3) is 0.185. The molecule has 4 atom stereocenters. The zero-order valence-electron chi connectivity index (χ0n) is 18.7. The highest BCUT2D eigenvalue weighted by molar-refractivity contribution is 9.10. The number of nitrogens with zero attached hydrogens (tertiary/aromatic N) is 3. The van der Waals surface area contributed by atoms with E-state index in [1.165, 1.54) is 4.90 Å². The molecular weight excluding hydrogens is 510 g/mol. The van der Waals surface area contributed by atoms with E-state index in [1.54, 1.807) is 60.8 Å². The molecule has 2 fully saturated rings. The van der Waals surface area contributed by atoms with Gasteiger partial charge < -0.3 is 4.74 Å². The molecule has 3 aromatic rings. The molecule has 2 saturated heterocycles. The summed E-state index contributed by atoms with van der Waals surface area (Å²) in [6, 6.07) is 20.1. The molecule has 35 heavy (non-hydrogen) atoms. The van der Waals surface area contributed by atoms with Crippen molar-refractivity contribution in [3.63, 3.8) is 0 Å². The van der Waals surface area contributed by atoms with E-state index < -0.39 is 23.9 Å². The summed E-state index contributed by atoms with van der Waals surface area (Å²) in [5.74, 6) is -1.91. The second kappa shape index (κ2) is 8.16. The summed E-state index contributed by atoms with van der Waals surface area (Å²) in [6.07, 6.45) is 1.70. The molecule has 3 heterocycles. The van der Waals surface area contributed by atoms with E-state index in [2.05, 4.69) is 21.0 Å². The third kappa shape index (κ3) is 3.24. The van der Waals surface area contributed by atoms with Crippen molar-refractivity contribution in [2.75, 3.05) is 12.0 Å². The molecule has 2 amide bonds. The minimum Gasteiger partial charge on any atom is -0.497 e. The number of anilines is 1. The van der Waals surface area contributed by atoms with Gasteiger partial charge in [-0.25, -0.2) is 4.90 Å². The second-order valence-corrected chi connectivity index (χ2v) is 9.69. The zero-order chi connectivity index (χ0) is 24.3. The van der Waals surface area contributed by atoms with Gasteiger partial charge in [-0.2, -0.15) is 5.10 Å². The van der Waals surface area contributed by atoms with Crippen molar-refractivity contribution in [1.29, 1.82) is 0 Å². The first-order valence-corrected chi connectivity index (χ1v) is 12.0. The van der Waals surface area contributed by atoms with E-state index in [9.17, 15) is 14.4 Å². The molecule has 0 aliphatic carbocycles. The number of carbonyl (C=O) groups excluding carboxylic acids is 3. The number of benzene rings is 3. The van der Waals surface area contributed by atoms with Crippen LogP contribution in [0.15, 0.2) is 82.4 Å². The fourth-order valence-corrected chi connectivity index (χ4v) is 5.85. The van der Waals surface area contributed by atoms with Crippen LogP contribution in [0.3, 0.4) is 0 Å². The van der Waals surface area contributed by atoms with Crippen LogP contribution in [-0.4, -0.2) is 42.0 Å². The smallest absolute Gasteiger partial charge is 0.240 e. The minimum absolute atomic E-state index is 0.251. The highest BCUT2D eigenvalue weighted by Crippen LogP contribution is 2.53. The summed E-state index contributed by atoms with van der Waals surface area (Å²) in [6.45, 7) is 0. The van der Waals surface area contributed by atoms with Gasteiger partial charge in [0.1, 0.15) is 11.8 Å². The number of fused-ring (bicyclic) bond motifs is 5. The van der Waals surface area contributed by atoms with Crippen LogP contribution in [0.25, 0.3) is 0 Å². The second-order valence-electron chi connectivity index (χ2n) is 8.78. The molecule has 3 aliphatic rings. The van der Waals surface area contributed by atoms with Gasteiger partial charge in [0.15, 0.2) is 5.78 Å². The lowest BCUT2D eigenvalue weighted by Gasteiger charge is -2.33. The number of imide groups is 1. The Morgan fingerprint density at radius 3 is 2.43 bits per heavy atom. The monoisotopic (exact) mass is 529 g/mol. The van der Waals surface area contributed by atoms with Crippen LogP contribution < -0.4 is 9.64 Å². The highest BCUT2D eigenvalue weighted by atomic mass is 79.9. The lowest BCUT2D eigenvalue weighted by molar-refractivity contribution is -0.124. The number of ether oxygens (including phenoxy) is 1. The van der Waals surface area contributed by atoms with Gasteiger partial charge in [-0.1, -0.05) is 46.3 Å². The Bertz CT molecular complexity index is 1400. The zero-order valence-corrected chi connectivity index (χ0v) is 20.3. The molecule has 3 aliphatic heterocycles. The molecule has 0 N–H and O–H groups in total. The number of halogens is 1. The average Bonchev–Trinajstić information content (AvgIpc) is 3.36. The minimum atomic E-state index is -0.906. The summed E-state index contributed by atoms with van der Waals surface area (Å²) >= 11 is 3.42. The highest BCUT2D eigenvalue weighted by Gasteiger charge is 2.65. The number of methoxy groups -OCH3 is 1. The maximum Gasteiger partial charge on any atom is 0.240 e. The summed E-state index contributed by atoms with van der Waals surface area (Å²) in [5, 5.41) is 6.26. The van der Waals surface area contributed by atoms with Gasteiger partial charge in [-0.15, -0.1) is 0 Å². The summed E-state index contributed by atoms with van der Waals surface area (Å²) in [7, 11) is 1.56. The normalized spacial score (nSPS) is 24.3. The Labute approximate surface area is 210 Å². The van der Waals surface area contributed by atoms with Crippen molar-refractivity contribution in [3.05, 3.63) is 94.0 Å². The standard InChI is InChI=1S/C27H20BrN3O4/c1-35-19-11-9-15(10-12-19)25(32)24-22-21(23-20-8-3-2-5-16(20)14-29-31(23)24)26(33)30(27(22)34)18-7-4-6-17(28)13-18/h2-14,21-24H,1H3/t21-,22+,23-,24-/m1/s1. The van der Waals surface area contributed by atoms with Crippen LogP contribution in [-0.2, 0) is 9.59 Å². The molecular formula is C27H20BrN3O4. The number of carbonyl (C=O) groups is 3. The first-order chi connectivity index (χ1) is 17.0. The topological polar surface area (TPSA) is 79.3 Å². The van der Waals surface area contributed by atoms with Crippen molar-refractivity contribution >= 4 is 45.4 Å². The first kappa shape index (κ1) is 21.7. The lowest BCUT2D eigenvalue weighted by Crippen LogP contribution is -2.44. The lowest BCUT2D eigenvalue weighted by atomic mass is 9.83. The third-order valence-corrected chi connectivity index (χ3v) is 7.50. The Morgan fingerprint density at radius 1 is 0.943 bits per heavy atom. The summed E-state index contributed by atoms with van der Waals surface area (Å²) in [5.41, 5.74) is 2.69. The van der Waals surface area contributed by atoms with Crippen molar-refractivity contribution < 1.29 is 19.1 Å². The van der Waals surface area contributed by atoms with Crippen molar-refractivity contribution in [1.82, 2.24) is 5.01 Å². The van der Waals surface area contributed by atoms with E-state index in [1.807, 2.05) is 30.3 Å². The van der Waals surface area contributed by atoms with Crippen LogP contribution >= 0.6 is 15.9 Å². The number of hydrogen-bond acceptors (Lipinski definition) is 6. The van der Waals surface area contributed by atoms with Crippen molar-refractivity contribution in [2.45, 2.75) is 12.1 Å². The molecule has 0 spiro atoms. The van der Waals surface area contributed by atoms with Gasteiger partial charge in [0.25, 0.3) is 0 Å². The largest absolute Gasteiger partial charge is 0.497 e. The predicted octanol–water partition coefficient (Wildman–Crippen LogP) is 4.22. The molecule has 8 heteroatoms. The van der Waals surface area contributed by atoms with Crippen molar-refractivity contribution in [3.8, 4) is 5.75 Å². The molecule has 174 valence electrons. The maximum absolute atomic E-state index is 13.9. The summed E-state index contributed by atoms with van der Waals surface area (Å²) < 4.78 is 5.98. The van der Waals surface area contributed by atoms with E-state index in [4.69, 9.17) is 4.74 Å². The molecule has 6 rings (SSSR count). The van der Waals surface area contributed by atoms with E-state index >= 15 is 0 Å². The quantitative estimate of drug-likeness (QED) is 0.373. The molecule has 0 bridgehead atoms. The van der Waals surface area contributed by atoms with Gasteiger partial charge in [-0.05, 0) is 53.6 Å². The molecule has 0 aromatic heterocycles. The number of hydrazone groups is 1. The molecule has 0 unspecified atom stereocenters. The van der Waals surface area contributed by atoms with Crippen molar-refractivity contribution in [2.24, 2.45) is 16.9 Å². The Hall–Kier alpha value is -3.78. The van der Waals surface area contributed by atoms with Gasteiger partial charge in [0.2, 0.25) is 11.8 Å². The maximum atomic E-state index is 13.9. The van der Waals surface area contributed by atoms with Gasteiger partial charge in [0, 0.05) is 10.0 Å². The number of rotatable bonds is 4. The molecule has 7 nitrogen and oxygen atoms in total. The van der Waals surface area contributed by atoms with Crippen LogP contribution in [0.5, 0.6) is 5.75 Å². The number of Topliss-reactive ketones (excluding diaryl/α,β-unsaturated/α-hetero) is 1. The van der Waals surface area contributed by atoms with Crippen LogP contribution in [0.4, 0.5) is 5.69 Å². The van der Waals surface area contributed by atoms with E-state index in [0.717, 1.165) is 15.6 Å². The van der Waals surface area contributed by atoms with Crippen LogP contribution in [0.1, 0.15) is 27.5 Å². The third-order valence-electron chi connectivity index (χ3n) is 7.00. The summed E-state index contributed by atoms with van der Waals surface area (Å²) in [4.78, 5) is 42.8. The van der Waals surface area contributed by atoms with Gasteiger partial charge >= 0.3 is 0 Å². The Morgan fingerprint density at radius 2 is 1.69 bits per heavy atom. The number of amides is 2. The fourth-order valence-electron chi connectivity index (χ4n) is 5.46. The SMILES string of the molecule is COc1ccc(C(=O)[C@H]2[C@H]3C(=O)N(c4cccc(Br)c4)C(=O)[C@H]3[C@H]3c4ccccc4C=NN32)cc1. The van der Waals surface area contributed by atoms with Gasteiger partial charge in [0.05, 0.1) is 36.9 Å². The van der Waals surface area contributed by atoms with Crippen LogP contribution in [0.2, 0.25) is 0 Å². The average molecular weight is 530 g/mol. The number of ketones is 1. The van der Waals surface area contributed by atoms with E-state index in [-0.39, 0.29) is 17.6 Å².